The summed E-state index contributed by atoms with van der Waals surface area (Å²) in [4.78, 5) is 11.1. The Labute approximate surface area is 115 Å². The zero-order chi connectivity index (χ0) is 15.3. The quantitative estimate of drug-likeness (QED) is 0.817. The molecule has 0 saturated carbocycles. The van der Waals surface area contributed by atoms with Gasteiger partial charge in [0.15, 0.2) is 0 Å². The van der Waals surface area contributed by atoms with E-state index in [1.165, 1.54) is 30.3 Å². The molecule has 0 aliphatic rings. The number of carboxylic acid groups (broad SMARTS) is 1. The van der Waals surface area contributed by atoms with Crippen LogP contribution in [-0.2, 0) is 4.79 Å². The summed E-state index contributed by atoms with van der Waals surface area (Å²) in [5.74, 6) is -1.35. The van der Waals surface area contributed by atoms with Crippen molar-refractivity contribution in [3.8, 4) is 0 Å². The average molecular weight is 287 g/mol. The van der Waals surface area contributed by atoms with E-state index in [0.717, 1.165) is 0 Å². The first-order valence-corrected chi connectivity index (χ1v) is 5.97. The molecule has 2 atom stereocenters. The lowest BCUT2D eigenvalue weighted by molar-refractivity contribution is -0.161. The Morgan fingerprint density at radius 2 is 1.80 bits per heavy atom. The summed E-state index contributed by atoms with van der Waals surface area (Å²) in [5, 5.41) is 11.1. The number of carboxylic acids is 1. The molecule has 6 heteroatoms. The summed E-state index contributed by atoms with van der Waals surface area (Å²) in [6.07, 6.45) is -3.32. The third-order valence-corrected chi connectivity index (χ3v) is 2.57. The molecule has 1 rings (SSSR count). The van der Waals surface area contributed by atoms with Gasteiger partial charge in [0.25, 0.3) is 0 Å². The molecule has 0 heterocycles. The van der Waals surface area contributed by atoms with Crippen LogP contribution in [0, 0.1) is 0 Å². The highest BCUT2D eigenvalue weighted by molar-refractivity contribution is 5.76. The lowest BCUT2D eigenvalue weighted by Crippen LogP contribution is -2.43. The molecule has 2 N–H and O–H groups in total. The maximum absolute atomic E-state index is 13.1. The number of nitrogens with one attached hydrogen (secondary N) is 1. The molecule has 1 aromatic carbocycles. The van der Waals surface area contributed by atoms with E-state index in [1.54, 1.807) is 19.9 Å². The fourth-order valence-corrected chi connectivity index (χ4v) is 1.73. The normalized spacial score (nSPS) is 14.4. The summed E-state index contributed by atoms with van der Waals surface area (Å²) >= 11 is 0. The van der Waals surface area contributed by atoms with Crippen LogP contribution in [0.1, 0.15) is 25.5 Å². The predicted octanol–water partition coefficient (Wildman–Crippen LogP) is 3.30. The number of aliphatic carboxylic acids is 1. The highest BCUT2D eigenvalue weighted by Gasteiger charge is 2.42. The molecule has 0 aromatic heterocycles. The van der Waals surface area contributed by atoms with E-state index < -0.39 is 24.2 Å². The van der Waals surface area contributed by atoms with E-state index in [0.29, 0.717) is 5.57 Å². The zero-order valence-corrected chi connectivity index (χ0v) is 11.1. The predicted molar refractivity (Wildman–Crippen MR) is 69.2 cm³/mol. The molecule has 110 valence electrons. The van der Waals surface area contributed by atoms with Crippen molar-refractivity contribution in [2.75, 3.05) is 0 Å². The highest BCUT2D eigenvalue weighted by Crippen LogP contribution is 2.33. The van der Waals surface area contributed by atoms with Gasteiger partial charge in [-0.15, -0.1) is 0 Å². The molecule has 3 nitrogen and oxygen atoms in total. The van der Waals surface area contributed by atoms with Gasteiger partial charge in [0.2, 0.25) is 0 Å². The summed E-state index contributed by atoms with van der Waals surface area (Å²) in [7, 11) is 0. The molecule has 0 radical (unpaired) electrons. The fourth-order valence-electron chi connectivity index (χ4n) is 1.73. The molecule has 0 bridgehead atoms. The summed E-state index contributed by atoms with van der Waals surface area (Å²) in [5.41, 5.74) is 0.604. The van der Waals surface area contributed by atoms with Gasteiger partial charge in [-0.3, -0.25) is 10.1 Å². The third kappa shape index (κ3) is 4.70. The second-order valence-electron chi connectivity index (χ2n) is 4.61. The van der Waals surface area contributed by atoms with Crippen molar-refractivity contribution in [3.05, 3.63) is 47.5 Å². The van der Waals surface area contributed by atoms with Crippen LogP contribution >= 0.6 is 0 Å². The SMILES string of the molecule is CC(C)=C[C@H](N[C@@H](c1ccccc1)C(F)(F)F)C(=O)O. The minimum Gasteiger partial charge on any atom is -0.480 e. The first-order chi connectivity index (χ1) is 9.21. The van der Waals surface area contributed by atoms with Crippen LogP contribution in [0.25, 0.3) is 0 Å². The van der Waals surface area contributed by atoms with E-state index in [2.05, 4.69) is 5.32 Å². The van der Waals surface area contributed by atoms with Crippen LogP contribution < -0.4 is 5.32 Å². The number of alkyl halides is 3. The van der Waals surface area contributed by atoms with Gasteiger partial charge < -0.3 is 5.11 Å². The minimum absolute atomic E-state index is 0.0200. The van der Waals surface area contributed by atoms with Crippen LogP contribution in [-0.4, -0.2) is 23.3 Å². The highest BCUT2D eigenvalue weighted by atomic mass is 19.4. The Hall–Kier alpha value is -1.82. The summed E-state index contributed by atoms with van der Waals surface area (Å²) in [6, 6.07) is 3.76. The first-order valence-electron chi connectivity index (χ1n) is 5.97. The van der Waals surface area contributed by atoms with E-state index in [-0.39, 0.29) is 5.56 Å². The van der Waals surface area contributed by atoms with E-state index in [1.807, 2.05) is 0 Å². The monoisotopic (exact) mass is 287 g/mol. The smallest absolute Gasteiger partial charge is 0.407 e. The first kappa shape index (κ1) is 16.2. The third-order valence-electron chi connectivity index (χ3n) is 2.57. The minimum atomic E-state index is -4.58. The topological polar surface area (TPSA) is 49.3 Å². The van der Waals surface area contributed by atoms with Crippen molar-refractivity contribution in [3.63, 3.8) is 0 Å². The number of rotatable bonds is 5. The molecule has 0 spiro atoms. The fraction of sp³-hybridized carbons (Fsp3) is 0.357. The molecule has 0 fully saturated rings. The molecule has 0 aliphatic heterocycles. The van der Waals surface area contributed by atoms with Gasteiger partial charge in [0.05, 0.1) is 0 Å². The Kier molecular flexibility index (Phi) is 5.33. The lowest BCUT2D eigenvalue weighted by Gasteiger charge is -2.24. The largest absolute Gasteiger partial charge is 0.480 e. The van der Waals surface area contributed by atoms with Crippen molar-refractivity contribution >= 4 is 5.97 Å². The van der Waals surface area contributed by atoms with Crippen molar-refractivity contribution < 1.29 is 23.1 Å². The molecular weight excluding hydrogens is 271 g/mol. The van der Waals surface area contributed by atoms with Gasteiger partial charge in [-0.2, -0.15) is 13.2 Å². The van der Waals surface area contributed by atoms with Crippen molar-refractivity contribution in [1.29, 1.82) is 0 Å². The van der Waals surface area contributed by atoms with Gasteiger partial charge in [0, 0.05) is 0 Å². The molecule has 20 heavy (non-hydrogen) atoms. The van der Waals surface area contributed by atoms with Crippen LogP contribution in [0.2, 0.25) is 0 Å². The molecule has 0 unspecified atom stereocenters. The van der Waals surface area contributed by atoms with Crippen molar-refractivity contribution in [2.24, 2.45) is 0 Å². The van der Waals surface area contributed by atoms with Gasteiger partial charge >= 0.3 is 12.1 Å². The number of hydrogen-bond acceptors (Lipinski definition) is 2. The molecule has 0 saturated heterocycles. The second-order valence-corrected chi connectivity index (χ2v) is 4.61. The number of halogens is 3. The van der Waals surface area contributed by atoms with Gasteiger partial charge in [-0.05, 0) is 19.4 Å². The van der Waals surface area contributed by atoms with Crippen molar-refractivity contribution in [2.45, 2.75) is 32.1 Å². The van der Waals surface area contributed by atoms with Gasteiger partial charge in [0.1, 0.15) is 12.1 Å². The van der Waals surface area contributed by atoms with E-state index in [4.69, 9.17) is 5.11 Å². The van der Waals surface area contributed by atoms with Gasteiger partial charge in [-0.25, -0.2) is 0 Å². The second kappa shape index (κ2) is 6.56. The van der Waals surface area contributed by atoms with Gasteiger partial charge in [-0.1, -0.05) is 42.0 Å². The molecule has 1 aromatic rings. The average Bonchev–Trinajstić information content (AvgIpc) is 2.33. The molecule has 0 amide bonds. The standard InChI is InChI=1S/C14H16F3NO2/c1-9(2)8-11(13(19)20)18-12(14(15,16)17)10-6-4-3-5-7-10/h3-8,11-12,18H,1-2H3,(H,19,20)/t11-,12-/m0/s1. The van der Waals surface area contributed by atoms with Crippen molar-refractivity contribution in [1.82, 2.24) is 5.32 Å². The lowest BCUT2D eigenvalue weighted by atomic mass is 10.0. The van der Waals surface area contributed by atoms with Crippen LogP contribution in [0.3, 0.4) is 0 Å². The Morgan fingerprint density at radius 3 is 2.20 bits per heavy atom. The Balaban J connectivity index is 3.07. The van der Waals surface area contributed by atoms with E-state index >= 15 is 0 Å². The molecular formula is C14H16F3NO2. The van der Waals surface area contributed by atoms with Crippen LogP contribution in [0.4, 0.5) is 13.2 Å². The maximum atomic E-state index is 13.1. The summed E-state index contributed by atoms with van der Waals surface area (Å²) in [6.45, 7) is 3.26. The number of hydrogen-bond donors (Lipinski definition) is 2. The number of carbonyl (C=O) groups is 1. The Bertz CT molecular complexity index is 479. The maximum Gasteiger partial charge on any atom is 0.407 e. The van der Waals surface area contributed by atoms with Crippen LogP contribution in [0.5, 0.6) is 0 Å². The number of benzene rings is 1. The number of allylic oxidation sites excluding steroid dienone is 1. The zero-order valence-electron chi connectivity index (χ0n) is 11.1. The molecule has 0 aliphatic carbocycles. The Morgan fingerprint density at radius 1 is 1.25 bits per heavy atom. The van der Waals surface area contributed by atoms with E-state index in [9.17, 15) is 18.0 Å². The summed E-state index contributed by atoms with van der Waals surface area (Å²) < 4.78 is 39.3. The van der Waals surface area contributed by atoms with Crippen LogP contribution in [0.15, 0.2) is 42.0 Å².